The molecule has 1 heterocycles. The van der Waals surface area contributed by atoms with Crippen molar-refractivity contribution in [3.63, 3.8) is 0 Å². The lowest BCUT2D eigenvalue weighted by molar-refractivity contribution is 0.0232. The zero-order valence-corrected chi connectivity index (χ0v) is 15.7. The van der Waals surface area contributed by atoms with Gasteiger partial charge in [-0.1, -0.05) is 6.07 Å². The summed E-state index contributed by atoms with van der Waals surface area (Å²) in [5, 5.41) is 3.37. The third kappa shape index (κ3) is 6.87. The Morgan fingerprint density at radius 1 is 1.43 bits per heavy atom. The van der Waals surface area contributed by atoms with Crippen molar-refractivity contribution < 1.29 is 9.53 Å². The molecule has 2 rings (SSSR count). The second-order valence-electron chi connectivity index (χ2n) is 6.89. The van der Waals surface area contributed by atoms with Crippen molar-refractivity contribution in [3.8, 4) is 0 Å². The highest BCUT2D eigenvalue weighted by atomic mass is 79.9. The normalized spacial score (nSPS) is 14.6. The Labute approximate surface area is 146 Å². The molecule has 1 saturated carbocycles. The lowest BCUT2D eigenvalue weighted by Crippen LogP contribution is -2.39. The van der Waals surface area contributed by atoms with Gasteiger partial charge in [-0.3, -0.25) is 0 Å². The van der Waals surface area contributed by atoms with Crippen molar-refractivity contribution in [1.82, 2.24) is 15.2 Å². The first-order valence-electron chi connectivity index (χ1n) is 8.17. The number of hydrogen-bond acceptors (Lipinski definition) is 4. The number of rotatable bonds is 7. The van der Waals surface area contributed by atoms with E-state index in [1.54, 1.807) is 0 Å². The van der Waals surface area contributed by atoms with Crippen LogP contribution < -0.4 is 5.32 Å². The second-order valence-corrected chi connectivity index (χ2v) is 7.70. The number of nitrogens with one attached hydrogen (secondary N) is 1. The highest BCUT2D eigenvalue weighted by Crippen LogP contribution is 2.28. The SMILES string of the molecule is CC(C)(C)OC(=O)N(CCCNCc1cccc(Br)n1)C1CC1. The molecule has 6 heteroatoms. The molecule has 5 nitrogen and oxygen atoms in total. The number of aromatic nitrogens is 1. The molecule has 1 aliphatic carbocycles. The highest BCUT2D eigenvalue weighted by molar-refractivity contribution is 9.10. The van der Waals surface area contributed by atoms with Crippen LogP contribution in [0, 0.1) is 0 Å². The van der Waals surface area contributed by atoms with Crippen molar-refractivity contribution >= 4 is 22.0 Å². The highest BCUT2D eigenvalue weighted by Gasteiger charge is 2.34. The average Bonchev–Trinajstić information content (AvgIpc) is 3.25. The molecule has 0 unspecified atom stereocenters. The Balaban J connectivity index is 1.69. The molecule has 1 amide bonds. The molecule has 0 atom stereocenters. The molecular weight excluding hydrogens is 358 g/mol. The molecule has 0 spiro atoms. The molecule has 1 aliphatic rings. The van der Waals surface area contributed by atoms with E-state index in [0.717, 1.165) is 49.2 Å². The van der Waals surface area contributed by atoms with Crippen molar-refractivity contribution in [2.24, 2.45) is 0 Å². The minimum Gasteiger partial charge on any atom is -0.444 e. The minimum atomic E-state index is -0.436. The third-order valence-electron chi connectivity index (χ3n) is 3.45. The second kappa shape index (κ2) is 8.11. The Hall–Kier alpha value is -1.14. The molecule has 0 bridgehead atoms. The lowest BCUT2D eigenvalue weighted by atomic mass is 10.2. The summed E-state index contributed by atoms with van der Waals surface area (Å²) in [7, 11) is 0. The smallest absolute Gasteiger partial charge is 0.410 e. The average molecular weight is 384 g/mol. The van der Waals surface area contributed by atoms with Crippen LogP contribution in [-0.2, 0) is 11.3 Å². The van der Waals surface area contributed by atoms with E-state index < -0.39 is 5.60 Å². The van der Waals surface area contributed by atoms with E-state index in [-0.39, 0.29) is 6.09 Å². The fourth-order valence-corrected chi connectivity index (χ4v) is 2.65. The van der Waals surface area contributed by atoms with Gasteiger partial charge in [-0.05, 0) is 74.6 Å². The van der Waals surface area contributed by atoms with E-state index in [9.17, 15) is 4.79 Å². The monoisotopic (exact) mass is 383 g/mol. The Morgan fingerprint density at radius 2 is 2.17 bits per heavy atom. The molecule has 23 heavy (non-hydrogen) atoms. The standard InChI is InChI=1S/C17H26BrN3O2/c1-17(2,3)23-16(22)21(14-8-9-14)11-5-10-19-12-13-6-4-7-15(18)20-13/h4,6-7,14,19H,5,8-12H2,1-3H3. The summed E-state index contributed by atoms with van der Waals surface area (Å²) >= 11 is 3.37. The quantitative estimate of drug-likeness (QED) is 0.575. The Morgan fingerprint density at radius 3 is 2.78 bits per heavy atom. The maximum Gasteiger partial charge on any atom is 0.410 e. The van der Waals surface area contributed by atoms with Gasteiger partial charge in [-0.25, -0.2) is 9.78 Å². The molecular formula is C17H26BrN3O2. The van der Waals surface area contributed by atoms with Crippen molar-refractivity contribution in [2.45, 2.75) is 58.2 Å². The topological polar surface area (TPSA) is 54.5 Å². The predicted molar refractivity (Wildman–Crippen MR) is 94.2 cm³/mol. The van der Waals surface area contributed by atoms with Crippen LogP contribution >= 0.6 is 15.9 Å². The summed E-state index contributed by atoms with van der Waals surface area (Å²) in [4.78, 5) is 18.5. The van der Waals surface area contributed by atoms with E-state index in [1.807, 2.05) is 43.9 Å². The van der Waals surface area contributed by atoms with Crippen LogP contribution in [0.1, 0.15) is 45.7 Å². The van der Waals surface area contributed by atoms with Gasteiger partial charge in [0.2, 0.25) is 0 Å². The Kier molecular flexibility index (Phi) is 6.41. The third-order valence-corrected chi connectivity index (χ3v) is 3.89. The van der Waals surface area contributed by atoms with E-state index in [2.05, 4.69) is 26.2 Å². The molecule has 0 saturated heterocycles. The number of amides is 1. The number of nitrogens with zero attached hydrogens (tertiary/aromatic N) is 2. The van der Waals surface area contributed by atoms with E-state index in [0.29, 0.717) is 6.04 Å². The van der Waals surface area contributed by atoms with Gasteiger partial charge in [0.15, 0.2) is 0 Å². The van der Waals surface area contributed by atoms with Crippen LogP contribution in [-0.4, -0.2) is 40.7 Å². The Bertz CT molecular complexity index is 527. The zero-order valence-electron chi connectivity index (χ0n) is 14.1. The van der Waals surface area contributed by atoms with Gasteiger partial charge in [0.25, 0.3) is 0 Å². The van der Waals surface area contributed by atoms with Crippen molar-refractivity contribution in [1.29, 1.82) is 0 Å². The molecule has 1 fully saturated rings. The van der Waals surface area contributed by atoms with Gasteiger partial charge in [0.1, 0.15) is 10.2 Å². The molecule has 1 N–H and O–H groups in total. The number of hydrogen-bond donors (Lipinski definition) is 1. The van der Waals surface area contributed by atoms with E-state index >= 15 is 0 Å². The van der Waals surface area contributed by atoms with Crippen LogP contribution in [0.2, 0.25) is 0 Å². The number of carbonyl (C=O) groups excluding carboxylic acids is 1. The summed E-state index contributed by atoms with van der Waals surface area (Å²) in [6, 6.07) is 6.26. The number of pyridine rings is 1. The number of carbonyl (C=O) groups is 1. The maximum absolute atomic E-state index is 12.2. The molecule has 0 aliphatic heterocycles. The van der Waals surface area contributed by atoms with E-state index in [4.69, 9.17) is 4.74 Å². The van der Waals surface area contributed by atoms with Crippen molar-refractivity contribution in [3.05, 3.63) is 28.5 Å². The van der Waals surface area contributed by atoms with Crippen LogP contribution in [0.15, 0.2) is 22.8 Å². The van der Waals surface area contributed by atoms with Crippen LogP contribution in [0.4, 0.5) is 4.79 Å². The summed E-state index contributed by atoms with van der Waals surface area (Å²) in [6.07, 6.45) is 2.90. The minimum absolute atomic E-state index is 0.186. The zero-order chi connectivity index (χ0) is 16.9. The fourth-order valence-electron chi connectivity index (χ4n) is 2.27. The molecule has 0 radical (unpaired) electrons. The van der Waals surface area contributed by atoms with E-state index in [1.165, 1.54) is 0 Å². The van der Waals surface area contributed by atoms with Crippen LogP contribution in [0.25, 0.3) is 0 Å². The van der Waals surface area contributed by atoms with Gasteiger partial charge in [-0.15, -0.1) is 0 Å². The largest absolute Gasteiger partial charge is 0.444 e. The predicted octanol–water partition coefficient (Wildman–Crippen LogP) is 3.72. The van der Waals surface area contributed by atoms with Gasteiger partial charge in [0, 0.05) is 19.1 Å². The van der Waals surface area contributed by atoms with Crippen LogP contribution in [0.3, 0.4) is 0 Å². The van der Waals surface area contributed by atoms with Gasteiger partial charge < -0.3 is 15.0 Å². The van der Waals surface area contributed by atoms with Crippen molar-refractivity contribution in [2.75, 3.05) is 13.1 Å². The molecule has 1 aromatic heterocycles. The first-order chi connectivity index (χ1) is 10.8. The maximum atomic E-state index is 12.2. The summed E-state index contributed by atoms with van der Waals surface area (Å²) < 4.78 is 6.34. The molecule has 1 aromatic rings. The first-order valence-corrected chi connectivity index (χ1v) is 8.96. The summed E-state index contributed by atoms with van der Waals surface area (Å²) in [5.74, 6) is 0. The molecule has 0 aromatic carbocycles. The van der Waals surface area contributed by atoms with Gasteiger partial charge >= 0.3 is 6.09 Å². The molecule has 128 valence electrons. The first kappa shape index (κ1) is 18.2. The van der Waals surface area contributed by atoms with Gasteiger partial charge in [0.05, 0.1) is 5.69 Å². The lowest BCUT2D eigenvalue weighted by Gasteiger charge is -2.27. The summed E-state index contributed by atoms with van der Waals surface area (Å²) in [5.41, 5.74) is 0.569. The van der Waals surface area contributed by atoms with Crippen LogP contribution in [0.5, 0.6) is 0 Å². The number of halogens is 1. The number of ether oxygens (including phenoxy) is 1. The fraction of sp³-hybridized carbons (Fsp3) is 0.647. The van der Waals surface area contributed by atoms with Gasteiger partial charge in [-0.2, -0.15) is 0 Å². The summed E-state index contributed by atoms with van der Waals surface area (Å²) in [6.45, 7) is 8.03.